The lowest BCUT2D eigenvalue weighted by Crippen LogP contribution is -2.47. The third-order valence-corrected chi connectivity index (χ3v) is 7.22. The number of methoxy groups -OCH3 is 2. The van der Waals surface area contributed by atoms with Crippen LogP contribution in [0.5, 0.6) is 17.2 Å². The van der Waals surface area contributed by atoms with Crippen LogP contribution in [0, 0.1) is 0 Å². The van der Waals surface area contributed by atoms with Gasteiger partial charge in [0.05, 0.1) is 20.8 Å². The fourth-order valence-electron chi connectivity index (χ4n) is 4.65. The summed E-state index contributed by atoms with van der Waals surface area (Å²) < 4.78 is 23.0. The lowest BCUT2D eigenvalue weighted by Gasteiger charge is -2.30. The Balaban J connectivity index is 1.71. The first-order chi connectivity index (χ1) is 19.9. The number of carbonyl (C=O) groups excluding carboxylic acids is 1. The van der Waals surface area contributed by atoms with Crippen LogP contribution in [0.4, 0.5) is 0 Å². The second kappa shape index (κ2) is 13.8. The molecule has 3 aromatic rings. The molecule has 4 rings (SSSR count). The maximum Gasteiger partial charge on any atom is 0.252 e. The summed E-state index contributed by atoms with van der Waals surface area (Å²) in [5.41, 5.74) is 0.532. The number of amides is 1. The van der Waals surface area contributed by atoms with E-state index in [1.54, 1.807) is 68.8 Å². The zero-order valence-electron chi connectivity index (χ0n) is 22.9. The summed E-state index contributed by atoms with van der Waals surface area (Å²) in [4.78, 5) is 19.0. The van der Waals surface area contributed by atoms with E-state index in [0.29, 0.717) is 51.4 Å². The number of para-hydroxylation sites is 1. The first kappa shape index (κ1) is 30.2. The maximum absolute atomic E-state index is 14.1. The highest BCUT2D eigenvalue weighted by Crippen LogP contribution is 2.45. The smallest absolute Gasteiger partial charge is 0.252 e. The number of nitrogens with zero attached hydrogens (tertiary/aromatic N) is 1. The molecule has 0 aliphatic carbocycles. The van der Waals surface area contributed by atoms with Gasteiger partial charge in [-0.1, -0.05) is 47.5 Å². The van der Waals surface area contributed by atoms with E-state index in [-0.39, 0.29) is 31.4 Å². The van der Waals surface area contributed by atoms with Crippen molar-refractivity contribution in [3.05, 3.63) is 100 Å². The molecule has 2 N–H and O–H groups in total. The van der Waals surface area contributed by atoms with Gasteiger partial charge in [-0.05, 0) is 42.5 Å². The van der Waals surface area contributed by atoms with Crippen LogP contribution in [0.25, 0.3) is 0 Å². The Kier molecular flexibility index (Phi) is 10.2. The Hall–Kier alpha value is -3.72. The van der Waals surface area contributed by atoms with Crippen molar-refractivity contribution in [2.45, 2.75) is 31.0 Å². The number of carbonyl (C=O) groups is 1. The lowest BCUT2D eigenvalue weighted by molar-refractivity contribution is -0.129. The van der Waals surface area contributed by atoms with Gasteiger partial charge in [-0.25, -0.2) is 4.99 Å². The Morgan fingerprint density at radius 2 is 1.93 bits per heavy atom. The van der Waals surface area contributed by atoms with Crippen LogP contribution in [0.1, 0.15) is 35.6 Å². The third-order valence-electron chi connectivity index (χ3n) is 6.65. The zero-order chi connectivity index (χ0) is 29.4. The van der Waals surface area contributed by atoms with Crippen LogP contribution in [0.2, 0.25) is 10.0 Å². The lowest BCUT2D eigenvalue weighted by atomic mass is 9.84. The van der Waals surface area contributed by atoms with E-state index >= 15 is 0 Å². The summed E-state index contributed by atoms with van der Waals surface area (Å²) >= 11 is 12.8. The molecule has 1 aliphatic rings. The molecule has 216 valence electrons. The fraction of sp³-hybridized carbons (Fsp3) is 0.290. The quantitative estimate of drug-likeness (QED) is 0.187. The van der Waals surface area contributed by atoms with Crippen LogP contribution in [-0.4, -0.2) is 49.9 Å². The number of rotatable bonds is 13. The van der Waals surface area contributed by atoms with E-state index in [1.165, 1.54) is 0 Å². The average Bonchev–Trinajstić information content (AvgIpc) is 3.36. The topological polar surface area (TPSA) is 98.6 Å². The summed E-state index contributed by atoms with van der Waals surface area (Å²) in [6, 6.07) is 17.7. The molecule has 0 saturated heterocycles. The second-order valence-corrected chi connectivity index (χ2v) is 10.1. The van der Waals surface area contributed by atoms with Crippen molar-refractivity contribution in [2.75, 3.05) is 27.4 Å². The van der Waals surface area contributed by atoms with Gasteiger partial charge in [0, 0.05) is 52.7 Å². The summed E-state index contributed by atoms with van der Waals surface area (Å²) in [7, 11) is 3.10. The second-order valence-electron chi connectivity index (χ2n) is 9.28. The molecule has 8 nitrogen and oxygen atoms in total. The molecule has 10 heteroatoms. The largest absolute Gasteiger partial charge is 0.494 e. The molecule has 0 spiro atoms. The van der Waals surface area contributed by atoms with Gasteiger partial charge >= 0.3 is 0 Å². The van der Waals surface area contributed by atoms with Crippen LogP contribution >= 0.6 is 23.2 Å². The molecule has 2 atom stereocenters. The molecule has 1 aliphatic heterocycles. The molecular weight excluding hydrogens is 567 g/mol. The zero-order valence-corrected chi connectivity index (χ0v) is 24.4. The minimum absolute atomic E-state index is 0.0510. The predicted octanol–water partition coefficient (Wildman–Crippen LogP) is 5.92. The summed E-state index contributed by atoms with van der Waals surface area (Å²) in [5.74, 6) is 1.62. The standard InChI is InChI=1S/C31H32Cl2N2O6/c1-4-15-31(30(37)34-19-21-7-5-8-26(38-2)27(21)39-3)28(24-14-11-22(32)18-25(24)33)41-29(35-31)20-9-12-23(13-10-20)40-17-6-16-36/h4-5,7-14,18,28,36H,1,6,15-17,19H2,2-3H3,(H,34,37)/t28-,31-/m1/s1. The van der Waals surface area contributed by atoms with Gasteiger partial charge in [-0.15, -0.1) is 6.58 Å². The van der Waals surface area contributed by atoms with Crippen LogP contribution < -0.4 is 19.5 Å². The van der Waals surface area contributed by atoms with Crippen molar-refractivity contribution < 1.29 is 28.8 Å². The fourth-order valence-corrected chi connectivity index (χ4v) is 5.16. The molecule has 3 aromatic carbocycles. The molecule has 0 radical (unpaired) electrons. The SMILES string of the molecule is C=CC[C@@]1(C(=O)NCc2cccc(OC)c2OC)N=C(c2ccc(OCCCO)cc2)O[C@@H]1c1ccc(Cl)cc1Cl. The predicted molar refractivity (Wildman–Crippen MR) is 159 cm³/mol. The van der Waals surface area contributed by atoms with Gasteiger partial charge in [0.25, 0.3) is 5.91 Å². The number of nitrogens with one attached hydrogen (secondary N) is 1. The molecule has 1 amide bonds. The van der Waals surface area contributed by atoms with Gasteiger partial charge in [0.2, 0.25) is 5.90 Å². The molecular formula is C31H32Cl2N2O6. The van der Waals surface area contributed by atoms with Crippen molar-refractivity contribution in [1.82, 2.24) is 5.32 Å². The molecule has 41 heavy (non-hydrogen) atoms. The minimum atomic E-state index is -1.42. The Morgan fingerprint density at radius 3 is 2.59 bits per heavy atom. The number of aliphatic hydroxyl groups excluding tert-OH is 1. The van der Waals surface area contributed by atoms with Gasteiger partial charge in [0.15, 0.2) is 23.1 Å². The average molecular weight is 600 g/mol. The number of hydrogen-bond donors (Lipinski definition) is 2. The van der Waals surface area contributed by atoms with E-state index in [2.05, 4.69) is 11.9 Å². The van der Waals surface area contributed by atoms with Crippen molar-refractivity contribution >= 4 is 35.0 Å². The van der Waals surface area contributed by atoms with Gasteiger partial charge in [-0.3, -0.25) is 4.79 Å². The molecule has 0 saturated carbocycles. The number of ether oxygens (including phenoxy) is 4. The van der Waals surface area contributed by atoms with Crippen LogP contribution in [-0.2, 0) is 16.1 Å². The summed E-state index contributed by atoms with van der Waals surface area (Å²) in [6.45, 7) is 4.50. The molecule has 0 aromatic heterocycles. The highest BCUT2D eigenvalue weighted by molar-refractivity contribution is 6.35. The van der Waals surface area contributed by atoms with E-state index < -0.39 is 11.6 Å². The number of aliphatic imine (C=N–C) groups is 1. The van der Waals surface area contributed by atoms with E-state index in [4.69, 9.17) is 52.2 Å². The number of benzene rings is 3. The number of halogens is 2. The van der Waals surface area contributed by atoms with Crippen molar-refractivity contribution in [1.29, 1.82) is 0 Å². The minimum Gasteiger partial charge on any atom is -0.494 e. The van der Waals surface area contributed by atoms with Crippen molar-refractivity contribution in [3.8, 4) is 17.2 Å². The van der Waals surface area contributed by atoms with Crippen LogP contribution in [0.3, 0.4) is 0 Å². The molecule has 0 bridgehead atoms. The monoisotopic (exact) mass is 598 g/mol. The Labute approximate surface area is 249 Å². The van der Waals surface area contributed by atoms with E-state index in [0.717, 1.165) is 5.56 Å². The maximum atomic E-state index is 14.1. The van der Waals surface area contributed by atoms with E-state index in [1.807, 2.05) is 12.1 Å². The number of aliphatic hydroxyl groups is 1. The Bertz CT molecular complexity index is 1410. The highest BCUT2D eigenvalue weighted by atomic mass is 35.5. The van der Waals surface area contributed by atoms with Crippen LogP contribution in [0.15, 0.2) is 78.3 Å². The van der Waals surface area contributed by atoms with Gasteiger partial charge in [0.1, 0.15) is 5.75 Å². The van der Waals surface area contributed by atoms with E-state index in [9.17, 15) is 4.79 Å². The molecule has 0 fully saturated rings. The highest BCUT2D eigenvalue weighted by Gasteiger charge is 2.53. The first-order valence-corrected chi connectivity index (χ1v) is 13.8. The van der Waals surface area contributed by atoms with Crippen molar-refractivity contribution in [2.24, 2.45) is 4.99 Å². The number of hydrogen-bond acceptors (Lipinski definition) is 7. The third kappa shape index (κ3) is 6.62. The van der Waals surface area contributed by atoms with Crippen molar-refractivity contribution in [3.63, 3.8) is 0 Å². The molecule has 1 heterocycles. The summed E-state index contributed by atoms with van der Waals surface area (Å²) in [6.07, 6.45) is 1.47. The normalized spacial score (nSPS) is 17.8. The van der Waals surface area contributed by atoms with Gasteiger partial charge < -0.3 is 29.4 Å². The van der Waals surface area contributed by atoms with Gasteiger partial charge in [-0.2, -0.15) is 0 Å². The summed E-state index contributed by atoms with van der Waals surface area (Å²) in [5, 5.41) is 12.8. The Morgan fingerprint density at radius 1 is 1.15 bits per heavy atom. The first-order valence-electron chi connectivity index (χ1n) is 13.0. The molecule has 0 unspecified atom stereocenters.